The zero-order valence-corrected chi connectivity index (χ0v) is 12.6. The number of carbonyl (C=O) groups is 2. The number of rotatable bonds is 3. The Morgan fingerprint density at radius 3 is 3.00 bits per heavy atom. The average Bonchev–Trinajstić information content (AvgIpc) is 3.04. The lowest BCUT2D eigenvalue weighted by atomic mass is 10.2. The molecule has 1 fully saturated rings. The molecule has 3 rings (SSSR count). The molecule has 1 amide bonds. The van der Waals surface area contributed by atoms with E-state index in [0.717, 1.165) is 16.2 Å². The van der Waals surface area contributed by atoms with Gasteiger partial charge >= 0.3 is 6.09 Å². The van der Waals surface area contributed by atoms with E-state index in [1.165, 1.54) is 24.5 Å². The summed E-state index contributed by atoms with van der Waals surface area (Å²) in [5.74, 6) is -0.912. The Morgan fingerprint density at radius 1 is 1.43 bits per heavy atom. The number of halogens is 1. The van der Waals surface area contributed by atoms with E-state index in [9.17, 15) is 14.0 Å². The van der Waals surface area contributed by atoms with Gasteiger partial charge in [0.1, 0.15) is 17.6 Å². The Bertz CT molecular complexity index is 751. The quantitative estimate of drug-likeness (QED) is 0.860. The van der Waals surface area contributed by atoms with Crippen LogP contribution in [0.5, 0.6) is 0 Å². The van der Waals surface area contributed by atoms with Crippen LogP contribution in [0.3, 0.4) is 0 Å². The van der Waals surface area contributed by atoms with E-state index < -0.39 is 23.8 Å². The third kappa shape index (κ3) is 3.20. The van der Waals surface area contributed by atoms with Crippen molar-refractivity contribution in [2.45, 2.75) is 6.10 Å². The molecule has 0 spiro atoms. The molecule has 9 heteroatoms. The van der Waals surface area contributed by atoms with Crippen molar-refractivity contribution in [1.29, 1.82) is 0 Å². The van der Waals surface area contributed by atoms with E-state index >= 15 is 0 Å². The first-order chi connectivity index (χ1) is 11.1. The topological polar surface area (TPSA) is 92.6 Å². The minimum absolute atomic E-state index is 0.0406. The van der Waals surface area contributed by atoms with Crippen LogP contribution in [0, 0.1) is 5.82 Å². The number of nitrogens with zero attached hydrogens (tertiary/aromatic N) is 3. The SMILES string of the molecule is O=C(c1ncc(-c2ncccc2F)s1)[C@@H]1CN(C(=O)O)CCO1. The fourth-order valence-electron chi connectivity index (χ4n) is 2.18. The van der Waals surface area contributed by atoms with Gasteiger partial charge in [0.2, 0.25) is 5.78 Å². The van der Waals surface area contributed by atoms with E-state index in [4.69, 9.17) is 9.84 Å². The number of hydrogen-bond acceptors (Lipinski definition) is 6. The molecule has 0 unspecified atom stereocenters. The Hall–Kier alpha value is -2.39. The molecule has 3 heterocycles. The number of amides is 1. The Balaban J connectivity index is 1.79. The van der Waals surface area contributed by atoms with E-state index in [0.29, 0.717) is 4.88 Å². The summed E-state index contributed by atoms with van der Waals surface area (Å²) in [6, 6.07) is 2.75. The zero-order valence-electron chi connectivity index (χ0n) is 11.8. The van der Waals surface area contributed by atoms with Crippen molar-refractivity contribution in [3.8, 4) is 10.6 Å². The van der Waals surface area contributed by atoms with Crippen LogP contribution in [0.1, 0.15) is 9.80 Å². The van der Waals surface area contributed by atoms with E-state index in [1.807, 2.05) is 0 Å². The third-order valence-electron chi connectivity index (χ3n) is 3.34. The number of thiazole rings is 1. The second-order valence-electron chi connectivity index (χ2n) is 4.82. The standard InChI is InChI=1S/C14H12FN3O4S/c15-8-2-1-3-16-11(8)10-6-17-13(23-10)12(19)9-7-18(14(20)21)4-5-22-9/h1-3,6,9H,4-5,7H2,(H,20,21)/t9-/m0/s1. The van der Waals surface area contributed by atoms with Crippen molar-refractivity contribution >= 4 is 23.2 Å². The first kappa shape index (κ1) is 15.5. The molecule has 120 valence electrons. The minimum atomic E-state index is -1.10. The molecule has 1 aliphatic heterocycles. The third-order valence-corrected chi connectivity index (χ3v) is 4.36. The number of pyridine rings is 1. The summed E-state index contributed by atoms with van der Waals surface area (Å²) in [7, 11) is 0. The van der Waals surface area contributed by atoms with Gasteiger partial charge in [-0.25, -0.2) is 14.2 Å². The van der Waals surface area contributed by atoms with Gasteiger partial charge in [-0.1, -0.05) is 0 Å². The zero-order chi connectivity index (χ0) is 16.4. The normalized spacial score (nSPS) is 18.0. The van der Waals surface area contributed by atoms with Gasteiger partial charge < -0.3 is 14.7 Å². The highest BCUT2D eigenvalue weighted by molar-refractivity contribution is 7.17. The van der Waals surface area contributed by atoms with Crippen molar-refractivity contribution in [2.24, 2.45) is 0 Å². The van der Waals surface area contributed by atoms with Gasteiger partial charge in [-0.2, -0.15) is 0 Å². The van der Waals surface area contributed by atoms with Crippen LogP contribution < -0.4 is 0 Å². The smallest absolute Gasteiger partial charge is 0.407 e. The maximum Gasteiger partial charge on any atom is 0.407 e. The molecule has 0 aliphatic carbocycles. The second kappa shape index (κ2) is 6.39. The van der Waals surface area contributed by atoms with Gasteiger partial charge in [0.25, 0.3) is 0 Å². The second-order valence-corrected chi connectivity index (χ2v) is 5.85. The molecule has 2 aromatic rings. The van der Waals surface area contributed by atoms with Crippen LogP contribution in [0.4, 0.5) is 9.18 Å². The first-order valence-corrected chi connectivity index (χ1v) is 7.58. The monoisotopic (exact) mass is 337 g/mol. The fraction of sp³-hybridized carbons (Fsp3) is 0.286. The predicted molar refractivity (Wildman–Crippen MR) is 79.0 cm³/mol. The van der Waals surface area contributed by atoms with Gasteiger partial charge in [-0.05, 0) is 12.1 Å². The van der Waals surface area contributed by atoms with Gasteiger partial charge in [0.05, 0.1) is 18.0 Å². The lowest BCUT2D eigenvalue weighted by molar-refractivity contribution is -0.0111. The molecule has 1 saturated heterocycles. The van der Waals surface area contributed by atoms with Crippen LogP contribution in [0.2, 0.25) is 0 Å². The van der Waals surface area contributed by atoms with Crippen LogP contribution in [0.25, 0.3) is 10.6 Å². The van der Waals surface area contributed by atoms with Gasteiger partial charge in [0.15, 0.2) is 5.01 Å². The predicted octanol–water partition coefficient (Wildman–Crippen LogP) is 1.91. The number of Topliss-reactive ketones (excluding diaryl/α,β-unsaturated/α-hetero) is 1. The number of carboxylic acid groups (broad SMARTS) is 1. The van der Waals surface area contributed by atoms with Crippen molar-refractivity contribution in [1.82, 2.24) is 14.9 Å². The highest BCUT2D eigenvalue weighted by Crippen LogP contribution is 2.27. The van der Waals surface area contributed by atoms with E-state index in [2.05, 4.69) is 9.97 Å². The average molecular weight is 337 g/mol. The Morgan fingerprint density at radius 2 is 2.26 bits per heavy atom. The van der Waals surface area contributed by atoms with Crippen LogP contribution in [0.15, 0.2) is 24.5 Å². The van der Waals surface area contributed by atoms with Gasteiger partial charge in [-0.15, -0.1) is 11.3 Å². The Kier molecular flexibility index (Phi) is 4.30. The summed E-state index contributed by atoms with van der Waals surface area (Å²) in [5, 5.41) is 9.13. The number of ether oxygens (including phenoxy) is 1. The molecule has 0 bridgehead atoms. The Labute approximate surface area is 134 Å². The maximum absolute atomic E-state index is 13.7. The lowest BCUT2D eigenvalue weighted by Gasteiger charge is -2.29. The van der Waals surface area contributed by atoms with Crippen molar-refractivity contribution < 1.29 is 23.8 Å². The minimum Gasteiger partial charge on any atom is -0.465 e. The molecule has 1 N–H and O–H groups in total. The highest BCUT2D eigenvalue weighted by Gasteiger charge is 2.31. The van der Waals surface area contributed by atoms with Crippen LogP contribution >= 0.6 is 11.3 Å². The molecule has 2 aromatic heterocycles. The van der Waals surface area contributed by atoms with Crippen LogP contribution in [-0.2, 0) is 4.74 Å². The summed E-state index contributed by atoms with van der Waals surface area (Å²) >= 11 is 1.00. The first-order valence-electron chi connectivity index (χ1n) is 6.76. The molecular weight excluding hydrogens is 325 g/mol. The van der Waals surface area contributed by atoms with Crippen molar-refractivity contribution in [2.75, 3.05) is 19.7 Å². The molecular formula is C14H12FN3O4S. The summed E-state index contributed by atoms with van der Waals surface area (Å²) in [5.41, 5.74) is 0.126. The summed E-state index contributed by atoms with van der Waals surface area (Å²) in [6.45, 7) is 0.332. The van der Waals surface area contributed by atoms with Gasteiger partial charge in [-0.3, -0.25) is 9.78 Å². The molecule has 0 radical (unpaired) electrons. The molecule has 23 heavy (non-hydrogen) atoms. The molecule has 0 saturated carbocycles. The molecule has 7 nitrogen and oxygen atoms in total. The molecule has 1 atom stereocenters. The number of hydrogen-bond donors (Lipinski definition) is 1. The van der Waals surface area contributed by atoms with Crippen molar-refractivity contribution in [3.05, 3.63) is 35.4 Å². The highest BCUT2D eigenvalue weighted by atomic mass is 32.1. The lowest BCUT2D eigenvalue weighted by Crippen LogP contribution is -2.48. The van der Waals surface area contributed by atoms with Gasteiger partial charge in [0, 0.05) is 18.9 Å². The molecule has 0 aromatic carbocycles. The fourth-order valence-corrected chi connectivity index (χ4v) is 3.08. The summed E-state index contributed by atoms with van der Waals surface area (Å²) < 4.78 is 19.1. The van der Waals surface area contributed by atoms with Crippen LogP contribution in [-0.4, -0.2) is 57.7 Å². The van der Waals surface area contributed by atoms with E-state index in [1.54, 1.807) is 0 Å². The number of morpholine rings is 1. The molecule has 1 aliphatic rings. The number of carbonyl (C=O) groups excluding carboxylic acids is 1. The maximum atomic E-state index is 13.7. The number of aromatic nitrogens is 2. The number of ketones is 1. The van der Waals surface area contributed by atoms with Crippen molar-refractivity contribution in [3.63, 3.8) is 0 Å². The summed E-state index contributed by atoms with van der Waals surface area (Å²) in [6.07, 6.45) is 0.837. The van der Waals surface area contributed by atoms with E-state index in [-0.39, 0.29) is 30.4 Å². The largest absolute Gasteiger partial charge is 0.465 e. The summed E-state index contributed by atoms with van der Waals surface area (Å²) in [4.78, 5) is 32.9.